The van der Waals surface area contributed by atoms with Gasteiger partial charge in [0, 0.05) is 19.3 Å². The Morgan fingerprint density at radius 2 is 0.661 bits per heavy atom. The number of hydrogen-bond donors (Lipinski definition) is 0. The Hall–Kier alpha value is -2.89. The molecule has 0 heterocycles. The van der Waals surface area contributed by atoms with Gasteiger partial charge in [0.2, 0.25) is 0 Å². The molecule has 62 heavy (non-hydrogen) atoms. The number of rotatable bonds is 47. The molecule has 0 radical (unpaired) electrons. The SMILES string of the molecule is CC/C=C\C/C=C\C/C=C\CCCCCCCCCC(=O)OCC(COC(=O)CCCCCCC/C=C\C/C=C\CCC)OC(=O)CCCCCCCCCCCCCCCC. The van der Waals surface area contributed by atoms with Crippen LogP contribution in [0.5, 0.6) is 0 Å². The smallest absolute Gasteiger partial charge is 0.306 e. The number of carbonyl (C=O) groups excluding carboxylic acids is 3. The molecule has 0 spiro atoms. The molecule has 0 rings (SSSR count). The first-order chi connectivity index (χ1) is 30.5. The van der Waals surface area contributed by atoms with Crippen LogP contribution in [0.15, 0.2) is 60.8 Å². The third-order valence-electron chi connectivity index (χ3n) is 11.2. The van der Waals surface area contributed by atoms with Crippen LogP contribution in [-0.4, -0.2) is 37.2 Å². The van der Waals surface area contributed by atoms with Crippen molar-refractivity contribution in [2.75, 3.05) is 13.2 Å². The summed E-state index contributed by atoms with van der Waals surface area (Å²) < 4.78 is 16.8. The van der Waals surface area contributed by atoms with Gasteiger partial charge in [-0.05, 0) is 77.0 Å². The van der Waals surface area contributed by atoms with E-state index < -0.39 is 6.10 Å². The summed E-state index contributed by atoms with van der Waals surface area (Å²) in [6, 6.07) is 0. The van der Waals surface area contributed by atoms with Crippen molar-refractivity contribution >= 4 is 17.9 Å². The van der Waals surface area contributed by atoms with Crippen molar-refractivity contribution in [3.05, 3.63) is 60.8 Å². The van der Waals surface area contributed by atoms with Crippen LogP contribution in [0.4, 0.5) is 0 Å². The van der Waals surface area contributed by atoms with Gasteiger partial charge in [-0.2, -0.15) is 0 Å². The minimum Gasteiger partial charge on any atom is -0.462 e. The Labute approximate surface area is 383 Å². The molecular formula is C56H98O6. The molecule has 0 amide bonds. The Morgan fingerprint density at radius 1 is 0.339 bits per heavy atom. The number of esters is 3. The molecule has 0 aromatic heterocycles. The van der Waals surface area contributed by atoms with Gasteiger partial charge in [-0.15, -0.1) is 0 Å². The van der Waals surface area contributed by atoms with Crippen molar-refractivity contribution in [1.29, 1.82) is 0 Å². The van der Waals surface area contributed by atoms with E-state index in [0.717, 1.165) is 109 Å². The second kappa shape index (κ2) is 50.8. The zero-order chi connectivity index (χ0) is 45.1. The maximum atomic E-state index is 12.8. The minimum atomic E-state index is -0.781. The number of hydrogen-bond acceptors (Lipinski definition) is 6. The maximum Gasteiger partial charge on any atom is 0.306 e. The molecule has 0 saturated heterocycles. The summed E-state index contributed by atoms with van der Waals surface area (Å²) in [7, 11) is 0. The number of carbonyl (C=O) groups is 3. The Balaban J connectivity index is 4.38. The molecule has 0 aliphatic heterocycles. The lowest BCUT2D eigenvalue weighted by Crippen LogP contribution is -2.30. The maximum absolute atomic E-state index is 12.8. The fourth-order valence-electron chi connectivity index (χ4n) is 7.32. The van der Waals surface area contributed by atoms with Gasteiger partial charge in [-0.1, -0.05) is 223 Å². The summed E-state index contributed by atoms with van der Waals surface area (Å²) in [6.07, 6.45) is 62.0. The highest BCUT2D eigenvalue weighted by atomic mass is 16.6. The van der Waals surface area contributed by atoms with E-state index in [1.165, 1.54) is 109 Å². The van der Waals surface area contributed by atoms with E-state index in [0.29, 0.717) is 19.3 Å². The highest BCUT2D eigenvalue weighted by molar-refractivity contribution is 5.71. The Bertz CT molecular complexity index is 1130. The van der Waals surface area contributed by atoms with Crippen molar-refractivity contribution in [3.63, 3.8) is 0 Å². The van der Waals surface area contributed by atoms with Crippen LogP contribution < -0.4 is 0 Å². The Kier molecular flexibility index (Phi) is 48.4. The van der Waals surface area contributed by atoms with E-state index in [1.807, 2.05) is 0 Å². The van der Waals surface area contributed by atoms with Crippen LogP contribution in [0.1, 0.15) is 258 Å². The lowest BCUT2D eigenvalue weighted by atomic mass is 10.0. The quantitative estimate of drug-likeness (QED) is 0.0262. The first kappa shape index (κ1) is 59.1. The minimum absolute atomic E-state index is 0.0822. The van der Waals surface area contributed by atoms with Crippen molar-refractivity contribution in [3.8, 4) is 0 Å². The van der Waals surface area contributed by atoms with E-state index in [9.17, 15) is 14.4 Å². The lowest BCUT2D eigenvalue weighted by Gasteiger charge is -2.18. The van der Waals surface area contributed by atoms with Gasteiger partial charge < -0.3 is 14.2 Å². The van der Waals surface area contributed by atoms with E-state index in [1.54, 1.807) is 0 Å². The van der Waals surface area contributed by atoms with Crippen LogP contribution in [0.3, 0.4) is 0 Å². The van der Waals surface area contributed by atoms with Crippen LogP contribution in [0, 0.1) is 0 Å². The fraction of sp³-hybridized carbons (Fsp3) is 0.768. The predicted molar refractivity (Wildman–Crippen MR) is 265 cm³/mol. The average molecular weight is 867 g/mol. The first-order valence-corrected chi connectivity index (χ1v) is 26.3. The van der Waals surface area contributed by atoms with Gasteiger partial charge >= 0.3 is 17.9 Å². The van der Waals surface area contributed by atoms with Crippen molar-refractivity contribution in [2.24, 2.45) is 0 Å². The molecule has 0 bridgehead atoms. The molecule has 1 unspecified atom stereocenters. The molecule has 0 aliphatic rings. The normalized spacial score (nSPS) is 12.5. The van der Waals surface area contributed by atoms with Crippen molar-refractivity contribution < 1.29 is 28.6 Å². The predicted octanol–water partition coefficient (Wildman–Crippen LogP) is 17.3. The lowest BCUT2D eigenvalue weighted by molar-refractivity contribution is -0.167. The average Bonchev–Trinajstić information content (AvgIpc) is 3.27. The second-order valence-corrected chi connectivity index (χ2v) is 17.4. The van der Waals surface area contributed by atoms with Crippen LogP contribution in [-0.2, 0) is 28.6 Å². The molecule has 0 fully saturated rings. The summed E-state index contributed by atoms with van der Waals surface area (Å²) >= 11 is 0. The fourth-order valence-corrected chi connectivity index (χ4v) is 7.32. The van der Waals surface area contributed by atoms with Crippen LogP contribution in [0.25, 0.3) is 0 Å². The zero-order valence-electron chi connectivity index (χ0n) is 40.9. The highest BCUT2D eigenvalue weighted by Gasteiger charge is 2.19. The van der Waals surface area contributed by atoms with Gasteiger partial charge in [0.25, 0.3) is 0 Å². The number of unbranched alkanes of at least 4 members (excludes halogenated alkanes) is 26. The van der Waals surface area contributed by atoms with E-state index >= 15 is 0 Å². The van der Waals surface area contributed by atoms with E-state index in [4.69, 9.17) is 14.2 Å². The summed E-state index contributed by atoms with van der Waals surface area (Å²) in [5.41, 5.74) is 0. The number of ether oxygens (including phenoxy) is 3. The molecule has 0 N–H and O–H groups in total. The summed E-state index contributed by atoms with van der Waals surface area (Å²) in [5.74, 6) is -0.899. The topological polar surface area (TPSA) is 78.9 Å². The van der Waals surface area contributed by atoms with Gasteiger partial charge in [0.05, 0.1) is 0 Å². The molecule has 0 aromatic rings. The second-order valence-electron chi connectivity index (χ2n) is 17.4. The largest absolute Gasteiger partial charge is 0.462 e. The summed E-state index contributed by atoms with van der Waals surface area (Å²) in [4.78, 5) is 38.0. The third-order valence-corrected chi connectivity index (χ3v) is 11.2. The molecular weight excluding hydrogens is 769 g/mol. The van der Waals surface area contributed by atoms with Crippen molar-refractivity contribution in [2.45, 2.75) is 264 Å². The number of allylic oxidation sites excluding steroid dienone is 10. The van der Waals surface area contributed by atoms with Gasteiger partial charge in [0.15, 0.2) is 6.10 Å². The molecule has 0 saturated carbocycles. The van der Waals surface area contributed by atoms with Gasteiger partial charge in [-0.25, -0.2) is 0 Å². The molecule has 0 aromatic carbocycles. The molecule has 0 aliphatic carbocycles. The monoisotopic (exact) mass is 867 g/mol. The van der Waals surface area contributed by atoms with Crippen LogP contribution >= 0.6 is 0 Å². The third kappa shape index (κ3) is 48.1. The molecule has 6 heteroatoms. The highest BCUT2D eigenvalue weighted by Crippen LogP contribution is 2.15. The van der Waals surface area contributed by atoms with Gasteiger partial charge in [0.1, 0.15) is 13.2 Å². The van der Waals surface area contributed by atoms with Crippen LogP contribution in [0.2, 0.25) is 0 Å². The zero-order valence-corrected chi connectivity index (χ0v) is 40.9. The standard InChI is InChI=1S/C56H98O6/c1-4-7-10-13-16-19-22-25-27-28-29-32-34-37-40-43-46-49-55(58)61-52-53(51-60-54(57)48-45-42-39-36-33-30-24-21-18-15-12-9-6-3)62-56(59)50-47-44-41-38-35-31-26-23-20-17-14-11-8-5-2/h7,10,12,15-16,19,21,24-25,27,53H,4-6,8-9,11,13-14,17-18,20,22-23,26,28-52H2,1-3H3/b10-7-,15-12-,19-16-,24-21-,27-25-. The summed E-state index contributed by atoms with van der Waals surface area (Å²) in [6.45, 7) is 6.46. The first-order valence-electron chi connectivity index (χ1n) is 26.3. The molecule has 6 nitrogen and oxygen atoms in total. The van der Waals surface area contributed by atoms with Gasteiger partial charge in [-0.3, -0.25) is 14.4 Å². The molecule has 1 atom stereocenters. The molecule has 358 valence electrons. The van der Waals surface area contributed by atoms with Crippen molar-refractivity contribution in [1.82, 2.24) is 0 Å². The van der Waals surface area contributed by atoms with E-state index in [-0.39, 0.29) is 31.1 Å². The summed E-state index contributed by atoms with van der Waals surface area (Å²) in [5, 5.41) is 0. The van der Waals surface area contributed by atoms with E-state index in [2.05, 4.69) is 81.5 Å². The Morgan fingerprint density at radius 3 is 1.05 bits per heavy atom.